The van der Waals surface area contributed by atoms with Crippen LogP contribution in [0.2, 0.25) is 0 Å². The number of hydrogen-bond acceptors (Lipinski definition) is 6. The summed E-state index contributed by atoms with van der Waals surface area (Å²) in [7, 11) is 0. The van der Waals surface area contributed by atoms with Crippen LogP contribution in [-0.2, 0) is 9.53 Å². The zero-order valence-corrected chi connectivity index (χ0v) is 20.5. The van der Waals surface area contributed by atoms with E-state index in [2.05, 4.69) is 59.4 Å². The molecule has 8 heteroatoms. The standard InChI is InChI=1S/C25H31N5O2S/c1-17(2)21-10-6-8-19(4)23(21)26-22(31)16-33-25-28-27-24(29-11-13-32-14-12-29)30(25)20-9-5-7-18(3)15-20/h5-10,15,17H,11-14,16H2,1-4H3,(H,26,31). The number of para-hydroxylation sites is 1. The van der Waals surface area contributed by atoms with E-state index in [1.807, 2.05) is 35.8 Å². The number of carbonyl (C=O) groups excluding carboxylic acids is 1. The lowest BCUT2D eigenvalue weighted by molar-refractivity contribution is -0.113. The minimum Gasteiger partial charge on any atom is -0.378 e. The van der Waals surface area contributed by atoms with E-state index in [-0.39, 0.29) is 11.7 Å². The van der Waals surface area contributed by atoms with E-state index < -0.39 is 0 Å². The van der Waals surface area contributed by atoms with E-state index in [0.29, 0.717) is 24.3 Å². The number of carbonyl (C=O) groups is 1. The molecule has 33 heavy (non-hydrogen) atoms. The first-order valence-corrected chi connectivity index (χ1v) is 12.3. The molecular formula is C25H31N5O2S. The SMILES string of the molecule is Cc1cccc(-n2c(SCC(=O)Nc3c(C)cccc3C(C)C)nnc2N2CCOCC2)c1. The van der Waals surface area contributed by atoms with Crippen molar-refractivity contribution in [3.63, 3.8) is 0 Å². The molecule has 0 aliphatic carbocycles. The molecule has 2 heterocycles. The van der Waals surface area contributed by atoms with Crippen LogP contribution >= 0.6 is 11.8 Å². The van der Waals surface area contributed by atoms with Crippen LogP contribution < -0.4 is 10.2 Å². The largest absolute Gasteiger partial charge is 0.378 e. The van der Waals surface area contributed by atoms with Crippen LogP contribution in [0, 0.1) is 13.8 Å². The van der Waals surface area contributed by atoms with Crippen molar-refractivity contribution in [2.24, 2.45) is 0 Å². The molecule has 0 unspecified atom stereocenters. The smallest absolute Gasteiger partial charge is 0.234 e. The fraction of sp³-hybridized carbons (Fsp3) is 0.400. The fourth-order valence-electron chi connectivity index (χ4n) is 3.96. The van der Waals surface area contributed by atoms with E-state index in [4.69, 9.17) is 4.74 Å². The molecule has 0 radical (unpaired) electrons. The summed E-state index contributed by atoms with van der Waals surface area (Å²) in [5.41, 5.74) is 5.27. The van der Waals surface area contributed by atoms with Crippen molar-refractivity contribution in [1.29, 1.82) is 0 Å². The number of aryl methyl sites for hydroxylation is 2. The normalized spacial score (nSPS) is 14.0. The lowest BCUT2D eigenvalue weighted by Gasteiger charge is -2.28. The number of rotatable bonds is 7. The molecule has 1 fully saturated rings. The molecule has 1 aromatic heterocycles. The fourth-order valence-corrected chi connectivity index (χ4v) is 4.71. The molecule has 0 bridgehead atoms. The first-order chi connectivity index (χ1) is 15.9. The van der Waals surface area contributed by atoms with Crippen LogP contribution in [0.3, 0.4) is 0 Å². The van der Waals surface area contributed by atoms with Gasteiger partial charge in [-0.1, -0.05) is 55.9 Å². The molecule has 0 spiro atoms. The Kier molecular flexibility index (Phi) is 7.35. The highest BCUT2D eigenvalue weighted by Crippen LogP contribution is 2.30. The van der Waals surface area contributed by atoms with E-state index in [9.17, 15) is 4.79 Å². The minimum atomic E-state index is -0.0529. The van der Waals surface area contributed by atoms with Gasteiger partial charge >= 0.3 is 0 Å². The molecule has 174 valence electrons. The molecule has 7 nitrogen and oxygen atoms in total. The molecule has 1 aliphatic rings. The van der Waals surface area contributed by atoms with E-state index >= 15 is 0 Å². The Morgan fingerprint density at radius 1 is 1.12 bits per heavy atom. The van der Waals surface area contributed by atoms with Crippen LogP contribution in [-0.4, -0.2) is 52.7 Å². The molecule has 1 saturated heterocycles. The average molecular weight is 466 g/mol. The van der Waals surface area contributed by atoms with Gasteiger partial charge in [-0.2, -0.15) is 0 Å². The van der Waals surface area contributed by atoms with Gasteiger partial charge < -0.3 is 15.0 Å². The number of amides is 1. The number of anilines is 2. The van der Waals surface area contributed by atoms with E-state index in [1.54, 1.807) is 0 Å². The minimum absolute atomic E-state index is 0.0529. The Morgan fingerprint density at radius 2 is 1.88 bits per heavy atom. The predicted octanol–water partition coefficient (Wildman–Crippen LogP) is 4.57. The summed E-state index contributed by atoms with van der Waals surface area (Å²) in [6, 6.07) is 14.4. The zero-order chi connectivity index (χ0) is 23.4. The molecule has 2 aromatic carbocycles. The topological polar surface area (TPSA) is 72.3 Å². The Bertz CT molecular complexity index is 1120. The maximum atomic E-state index is 12.9. The highest BCUT2D eigenvalue weighted by atomic mass is 32.2. The first kappa shape index (κ1) is 23.3. The number of thioether (sulfide) groups is 1. The lowest BCUT2D eigenvalue weighted by Crippen LogP contribution is -2.37. The van der Waals surface area contributed by atoms with Crippen molar-refractivity contribution in [3.8, 4) is 5.69 Å². The van der Waals surface area contributed by atoms with Crippen molar-refractivity contribution in [2.45, 2.75) is 38.8 Å². The molecular weight excluding hydrogens is 434 g/mol. The van der Waals surface area contributed by atoms with Crippen molar-refractivity contribution in [2.75, 3.05) is 42.3 Å². The van der Waals surface area contributed by atoms with Crippen LogP contribution in [0.25, 0.3) is 5.69 Å². The van der Waals surface area contributed by atoms with E-state index in [0.717, 1.165) is 47.1 Å². The average Bonchev–Trinajstić information content (AvgIpc) is 3.23. The summed E-state index contributed by atoms with van der Waals surface area (Å²) in [6.07, 6.45) is 0. The van der Waals surface area contributed by atoms with E-state index in [1.165, 1.54) is 11.8 Å². The lowest BCUT2D eigenvalue weighted by atomic mass is 9.98. The monoisotopic (exact) mass is 465 g/mol. The first-order valence-electron chi connectivity index (χ1n) is 11.3. The van der Waals surface area contributed by atoms with Crippen molar-refractivity contribution >= 4 is 29.3 Å². The van der Waals surface area contributed by atoms with Crippen molar-refractivity contribution in [3.05, 3.63) is 59.2 Å². The Labute approximate surface area is 199 Å². The Morgan fingerprint density at radius 3 is 2.61 bits per heavy atom. The number of hydrogen-bond donors (Lipinski definition) is 1. The highest BCUT2D eigenvalue weighted by molar-refractivity contribution is 7.99. The van der Waals surface area contributed by atoms with Gasteiger partial charge in [0, 0.05) is 18.8 Å². The molecule has 0 atom stereocenters. The van der Waals surface area contributed by atoms with Crippen LogP contribution in [0.4, 0.5) is 11.6 Å². The van der Waals surface area contributed by atoms with Crippen LogP contribution in [0.5, 0.6) is 0 Å². The van der Waals surface area contributed by atoms with Gasteiger partial charge in [0.05, 0.1) is 24.7 Å². The second-order valence-electron chi connectivity index (χ2n) is 8.59. The number of benzene rings is 2. The summed E-state index contributed by atoms with van der Waals surface area (Å²) < 4.78 is 7.55. The van der Waals surface area contributed by atoms with Gasteiger partial charge in [0.15, 0.2) is 5.16 Å². The molecule has 1 N–H and O–H groups in total. The maximum absolute atomic E-state index is 12.9. The van der Waals surface area contributed by atoms with Gasteiger partial charge in [0.2, 0.25) is 11.9 Å². The summed E-state index contributed by atoms with van der Waals surface area (Å²) in [6.45, 7) is 11.2. The maximum Gasteiger partial charge on any atom is 0.234 e. The third-order valence-corrected chi connectivity index (χ3v) is 6.62. The quantitative estimate of drug-likeness (QED) is 0.515. The highest BCUT2D eigenvalue weighted by Gasteiger charge is 2.22. The molecule has 0 saturated carbocycles. The number of nitrogens with zero attached hydrogens (tertiary/aromatic N) is 4. The number of morpholine rings is 1. The van der Waals surface area contributed by atoms with Crippen LogP contribution in [0.1, 0.15) is 36.5 Å². The summed E-state index contributed by atoms with van der Waals surface area (Å²) in [5.74, 6) is 1.31. The third-order valence-electron chi connectivity index (χ3n) is 5.69. The van der Waals surface area contributed by atoms with Gasteiger partial charge in [-0.25, -0.2) is 0 Å². The van der Waals surface area contributed by atoms with Gasteiger partial charge in [0.25, 0.3) is 0 Å². The van der Waals surface area contributed by atoms with Gasteiger partial charge in [-0.05, 0) is 48.6 Å². The van der Waals surface area contributed by atoms with Crippen molar-refractivity contribution < 1.29 is 9.53 Å². The van der Waals surface area contributed by atoms with Gasteiger partial charge in [-0.15, -0.1) is 10.2 Å². The number of nitrogens with one attached hydrogen (secondary N) is 1. The number of aromatic nitrogens is 3. The molecule has 1 aliphatic heterocycles. The van der Waals surface area contributed by atoms with Crippen LogP contribution in [0.15, 0.2) is 47.6 Å². The summed E-state index contributed by atoms with van der Waals surface area (Å²) in [5, 5.41) is 12.8. The third kappa shape index (κ3) is 5.39. The summed E-state index contributed by atoms with van der Waals surface area (Å²) in [4.78, 5) is 15.1. The molecule has 3 aromatic rings. The summed E-state index contributed by atoms with van der Waals surface area (Å²) >= 11 is 1.40. The zero-order valence-electron chi connectivity index (χ0n) is 19.7. The second kappa shape index (κ2) is 10.4. The Hall–Kier alpha value is -2.84. The second-order valence-corrected chi connectivity index (χ2v) is 9.53. The molecule has 4 rings (SSSR count). The molecule has 1 amide bonds. The van der Waals surface area contributed by atoms with Crippen molar-refractivity contribution in [1.82, 2.24) is 14.8 Å². The number of ether oxygens (including phenoxy) is 1. The van der Waals surface area contributed by atoms with Gasteiger partial charge in [-0.3, -0.25) is 9.36 Å². The predicted molar refractivity (Wildman–Crippen MR) is 134 cm³/mol. The van der Waals surface area contributed by atoms with Gasteiger partial charge in [0.1, 0.15) is 0 Å². The Balaban J connectivity index is 1.56.